The molecular formula is C13H20N2OS. The van der Waals surface area contributed by atoms with E-state index in [0.29, 0.717) is 17.5 Å². The van der Waals surface area contributed by atoms with E-state index in [1.807, 2.05) is 13.0 Å². The first-order valence-corrected chi connectivity index (χ1v) is 6.10. The largest absolute Gasteiger partial charge is 0.478 e. The highest BCUT2D eigenvalue weighted by Gasteiger charge is 2.10. The van der Waals surface area contributed by atoms with Gasteiger partial charge >= 0.3 is 0 Å². The van der Waals surface area contributed by atoms with Gasteiger partial charge in [0.15, 0.2) is 0 Å². The second-order valence-corrected chi connectivity index (χ2v) is 5.80. The summed E-state index contributed by atoms with van der Waals surface area (Å²) in [5, 5.41) is 0. The Labute approximate surface area is 108 Å². The van der Waals surface area contributed by atoms with Gasteiger partial charge in [-0.15, -0.1) is 0 Å². The van der Waals surface area contributed by atoms with Gasteiger partial charge in [0, 0.05) is 17.3 Å². The average molecular weight is 252 g/mol. The molecule has 1 aromatic heterocycles. The molecule has 0 fully saturated rings. The van der Waals surface area contributed by atoms with E-state index in [2.05, 4.69) is 25.8 Å². The standard InChI is InChI=1S/C13H20N2OS/c1-9-7-10(12(14)17)8-11(15-9)16-6-5-13(2,3)4/h7-8H,5-6H2,1-4H3,(H2,14,17). The van der Waals surface area contributed by atoms with E-state index in [0.717, 1.165) is 17.7 Å². The van der Waals surface area contributed by atoms with E-state index < -0.39 is 0 Å². The summed E-state index contributed by atoms with van der Waals surface area (Å²) in [6.45, 7) is 9.09. The number of rotatable bonds is 4. The van der Waals surface area contributed by atoms with Gasteiger partial charge in [-0.25, -0.2) is 4.98 Å². The molecule has 0 aliphatic heterocycles. The van der Waals surface area contributed by atoms with E-state index >= 15 is 0 Å². The van der Waals surface area contributed by atoms with Crippen LogP contribution in [0.25, 0.3) is 0 Å². The van der Waals surface area contributed by atoms with Crippen molar-refractivity contribution in [1.29, 1.82) is 0 Å². The van der Waals surface area contributed by atoms with Crippen molar-refractivity contribution in [3.63, 3.8) is 0 Å². The first kappa shape index (κ1) is 13.9. The molecular weight excluding hydrogens is 232 g/mol. The molecule has 17 heavy (non-hydrogen) atoms. The van der Waals surface area contributed by atoms with Gasteiger partial charge in [0.05, 0.1) is 6.61 Å². The van der Waals surface area contributed by atoms with Crippen molar-refractivity contribution in [3.05, 3.63) is 23.4 Å². The normalized spacial score (nSPS) is 11.3. The summed E-state index contributed by atoms with van der Waals surface area (Å²) < 4.78 is 5.63. The SMILES string of the molecule is Cc1cc(C(N)=S)cc(OCCC(C)(C)C)n1. The van der Waals surface area contributed by atoms with Gasteiger partial charge in [0.2, 0.25) is 5.88 Å². The molecule has 0 bridgehead atoms. The summed E-state index contributed by atoms with van der Waals surface area (Å²) in [6, 6.07) is 3.65. The lowest BCUT2D eigenvalue weighted by atomic mass is 9.93. The first-order chi connectivity index (χ1) is 7.78. The second-order valence-electron chi connectivity index (χ2n) is 5.36. The van der Waals surface area contributed by atoms with Gasteiger partial charge in [0.25, 0.3) is 0 Å². The van der Waals surface area contributed by atoms with Gasteiger partial charge in [0.1, 0.15) is 4.99 Å². The molecule has 0 unspecified atom stereocenters. The summed E-state index contributed by atoms with van der Waals surface area (Å²) in [5.41, 5.74) is 7.52. The molecule has 1 heterocycles. The van der Waals surface area contributed by atoms with Gasteiger partial charge in [-0.1, -0.05) is 33.0 Å². The number of hydrogen-bond acceptors (Lipinski definition) is 3. The molecule has 2 N–H and O–H groups in total. The lowest BCUT2D eigenvalue weighted by Crippen LogP contribution is -2.13. The summed E-state index contributed by atoms with van der Waals surface area (Å²) in [4.78, 5) is 4.67. The number of aryl methyl sites for hydroxylation is 1. The average Bonchev–Trinajstić information content (AvgIpc) is 2.14. The van der Waals surface area contributed by atoms with E-state index in [1.54, 1.807) is 6.07 Å². The number of nitrogens with two attached hydrogens (primary N) is 1. The van der Waals surface area contributed by atoms with Crippen LogP contribution >= 0.6 is 12.2 Å². The Hall–Kier alpha value is -1.16. The molecule has 0 saturated carbocycles. The number of thiocarbonyl (C=S) groups is 1. The van der Waals surface area contributed by atoms with Crippen LogP contribution in [0, 0.1) is 12.3 Å². The summed E-state index contributed by atoms with van der Waals surface area (Å²) >= 11 is 4.95. The van der Waals surface area contributed by atoms with Crippen LogP contribution in [0.15, 0.2) is 12.1 Å². The summed E-state index contributed by atoms with van der Waals surface area (Å²) in [5.74, 6) is 0.594. The van der Waals surface area contributed by atoms with Gasteiger partial charge in [-0.2, -0.15) is 0 Å². The maximum atomic E-state index is 5.63. The van der Waals surface area contributed by atoms with Crippen molar-refractivity contribution in [2.24, 2.45) is 11.1 Å². The Balaban J connectivity index is 2.68. The Morgan fingerprint density at radius 3 is 2.59 bits per heavy atom. The molecule has 0 atom stereocenters. The second kappa shape index (κ2) is 5.45. The predicted molar refractivity (Wildman–Crippen MR) is 74.4 cm³/mol. The van der Waals surface area contributed by atoms with Gasteiger partial charge in [-0.3, -0.25) is 0 Å². The molecule has 4 heteroatoms. The number of hydrogen-bond donors (Lipinski definition) is 1. The highest BCUT2D eigenvalue weighted by Crippen LogP contribution is 2.19. The van der Waals surface area contributed by atoms with Crippen LogP contribution in [0.3, 0.4) is 0 Å². The van der Waals surface area contributed by atoms with Crippen LogP contribution in [-0.2, 0) is 0 Å². The molecule has 94 valence electrons. The predicted octanol–water partition coefficient (Wildman–Crippen LogP) is 2.84. The number of ether oxygens (including phenoxy) is 1. The minimum atomic E-state index is 0.260. The van der Waals surface area contributed by atoms with Gasteiger partial charge in [-0.05, 0) is 24.8 Å². The topological polar surface area (TPSA) is 48.1 Å². The molecule has 0 saturated heterocycles. The molecule has 0 aliphatic carbocycles. The maximum Gasteiger partial charge on any atom is 0.214 e. The number of nitrogens with zero attached hydrogens (tertiary/aromatic N) is 1. The van der Waals surface area contributed by atoms with E-state index in [9.17, 15) is 0 Å². The zero-order chi connectivity index (χ0) is 13.1. The molecule has 0 spiro atoms. The third kappa shape index (κ3) is 5.13. The fourth-order valence-electron chi connectivity index (χ4n) is 1.32. The van der Waals surface area contributed by atoms with Crippen molar-refractivity contribution in [2.45, 2.75) is 34.1 Å². The highest BCUT2D eigenvalue weighted by atomic mass is 32.1. The van der Waals surface area contributed by atoms with Crippen LogP contribution in [0.2, 0.25) is 0 Å². The summed E-state index contributed by atoms with van der Waals surface area (Å²) in [6.07, 6.45) is 0.977. The fraction of sp³-hybridized carbons (Fsp3) is 0.538. The molecule has 1 aromatic rings. The van der Waals surface area contributed by atoms with Crippen molar-refractivity contribution in [3.8, 4) is 5.88 Å². The third-order valence-electron chi connectivity index (χ3n) is 2.32. The first-order valence-electron chi connectivity index (χ1n) is 5.69. The molecule has 1 rings (SSSR count). The zero-order valence-electron chi connectivity index (χ0n) is 10.9. The van der Waals surface area contributed by atoms with E-state index in [1.165, 1.54) is 0 Å². The molecule has 3 nitrogen and oxygen atoms in total. The van der Waals surface area contributed by atoms with Crippen LogP contribution in [-0.4, -0.2) is 16.6 Å². The van der Waals surface area contributed by atoms with Crippen LogP contribution < -0.4 is 10.5 Å². The number of pyridine rings is 1. The Morgan fingerprint density at radius 1 is 1.41 bits per heavy atom. The lowest BCUT2D eigenvalue weighted by Gasteiger charge is -2.18. The van der Waals surface area contributed by atoms with Crippen molar-refractivity contribution < 1.29 is 4.74 Å². The molecule has 0 radical (unpaired) electrons. The Bertz CT molecular complexity index is 410. The van der Waals surface area contributed by atoms with Crippen molar-refractivity contribution in [2.75, 3.05) is 6.61 Å². The minimum Gasteiger partial charge on any atom is -0.478 e. The fourth-order valence-corrected chi connectivity index (χ4v) is 1.43. The smallest absolute Gasteiger partial charge is 0.214 e. The Kier molecular flexibility index (Phi) is 4.46. The monoisotopic (exact) mass is 252 g/mol. The van der Waals surface area contributed by atoms with Crippen molar-refractivity contribution in [1.82, 2.24) is 4.98 Å². The third-order valence-corrected chi connectivity index (χ3v) is 2.55. The molecule has 0 amide bonds. The number of aromatic nitrogens is 1. The Morgan fingerprint density at radius 2 is 2.06 bits per heavy atom. The van der Waals surface area contributed by atoms with Crippen LogP contribution in [0.5, 0.6) is 5.88 Å². The summed E-state index contributed by atoms with van der Waals surface area (Å²) in [7, 11) is 0. The lowest BCUT2D eigenvalue weighted by molar-refractivity contribution is 0.236. The van der Waals surface area contributed by atoms with Crippen LogP contribution in [0.4, 0.5) is 0 Å². The van der Waals surface area contributed by atoms with Gasteiger partial charge < -0.3 is 10.5 Å². The van der Waals surface area contributed by atoms with E-state index in [-0.39, 0.29) is 5.41 Å². The maximum absolute atomic E-state index is 5.63. The highest BCUT2D eigenvalue weighted by molar-refractivity contribution is 7.80. The zero-order valence-corrected chi connectivity index (χ0v) is 11.7. The van der Waals surface area contributed by atoms with Crippen molar-refractivity contribution >= 4 is 17.2 Å². The van der Waals surface area contributed by atoms with Crippen LogP contribution in [0.1, 0.15) is 38.4 Å². The molecule has 0 aliphatic rings. The quantitative estimate of drug-likeness (QED) is 0.837. The van der Waals surface area contributed by atoms with E-state index in [4.69, 9.17) is 22.7 Å². The minimum absolute atomic E-state index is 0.260. The molecule has 0 aromatic carbocycles.